The lowest BCUT2D eigenvalue weighted by Crippen LogP contribution is -2.08. The summed E-state index contributed by atoms with van der Waals surface area (Å²) >= 11 is 0. The lowest BCUT2D eigenvalue weighted by Gasteiger charge is -2.19. The van der Waals surface area contributed by atoms with E-state index in [0.29, 0.717) is 0 Å². The van der Waals surface area contributed by atoms with Crippen LogP contribution < -0.4 is 0 Å². The van der Waals surface area contributed by atoms with Crippen LogP contribution in [-0.4, -0.2) is 0 Å². The van der Waals surface area contributed by atoms with Crippen molar-refractivity contribution in [1.29, 1.82) is 0 Å². The Morgan fingerprint density at radius 2 is 0.950 bits per heavy atom. The average molecular weight is 283 g/mol. The van der Waals surface area contributed by atoms with E-state index in [1.54, 1.807) is 0 Å². The first-order valence-corrected chi connectivity index (χ1v) is 9.72. The minimum atomic E-state index is 0.887. The van der Waals surface area contributed by atoms with Gasteiger partial charge in [-0.05, 0) is 11.8 Å². The Kier molecular flexibility index (Phi) is 15.4. The standard InChI is InChI=1S/C20H42/c1-5-7-8-9-10-11-12-13-14-15-16-18-20(17-6-2)19(3)4/h19-20H,5-18H2,1-4H3. The molecule has 0 aromatic carbocycles. The molecule has 0 rings (SSSR count). The summed E-state index contributed by atoms with van der Waals surface area (Å²) in [6.45, 7) is 9.43. The summed E-state index contributed by atoms with van der Waals surface area (Å²) in [6, 6.07) is 0. The Bertz CT molecular complexity index is 171. The third kappa shape index (κ3) is 13.0. The largest absolute Gasteiger partial charge is 0.0654 e. The number of hydrogen-bond acceptors (Lipinski definition) is 0. The molecule has 0 fully saturated rings. The zero-order valence-electron chi connectivity index (χ0n) is 15.1. The summed E-state index contributed by atoms with van der Waals surface area (Å²) in [4.78, 5) is 0. The van der Waals surface area contributed by atoms with Crippen LogP contribution in [0.2, 0.25) is 0 Å². The highest BCUT2D eigenvalue weighted by molar-refractivity contribution is 4.63. The summed E-state index contributed by atoms with van der Waals surface area (Å²) in [7, 11) is 0. The molecule has 122 valence electrons. The van der Waals surface area contributed by atoms with E-state index in [1.807, 2.05) is 0 Å². The van der Waals surface area contributed by atoms with Crippen molar-refractivity contribution >= 4 is 0 Å². The van der Waals surface area contributed by atoms with Gasteiger partial charge in [0.05, 0.1) is 0 Å². The van der Waals surface area contributed by atoms with Crippen molar-refractivity contribution in [2.24, 2.45) is 11.8 Å². The Morgan fingerprint density at radius 1 is 0.500 bits per heavy atom. The molecule has 0 aliphatic heterocycles. The van der Waals surface area contributed by atoms with Gasteiger partial charge in [0, 0.05) is 0 Å². The Balaban J connectivity index is 3.23. The number of rotatable bonds is 15. The summed E-state index contributed by atoms with van der Waals surface area (Å²) in [5, 5.41) is 0. The van der Waals surface area contributed by atoms with E-state index in [1.165, 1.54) is 89.9 Å². The third-order valence-corrected chi connectivity index (χ3v) is 4.78. The molecule has 0 heterocycles. The highest BCUT2D eigenvalue weighted by Crippen LogP contribution is 2.24. The van der Waals surface area contributed by atoms with E-state index < -0.39 is 0 Å². The van der Waals surface area contributed by atoms with Gasteiger partial charge in [-0.1, -0.05) is 118 Å². The predicted molar refractivity (Wildman–Crippen MR) is 94.3 cm³/mol. The molecule has 20 heavy (non-hydrogen) atoms. The van der Waals surface area contributed by atoms with E-state index >= 15 is 0 Å². The van der Waals surface area contributed by atoms with Crippen molar-refractivity contribution < 1.29 is 0 Å². The highest BCUT2D eigenvalue weighted by atomic mass is 14.2. The van der Waals surface area contributed by atoms with Gasteiger partial charge < -0.3 is 0 Å². The smallest absolute Gasteiger partial charge is 0.0391 e. The van der Waals surface area contributed by atoms with Crippen LogP contribution in [-0.2, 0) is 0 Å². The lowest BCUT2D eigenvalue weighted by atomic mass is 9.86. The van der Waals surface area contributed by atoms with Crippen molar-refractivity contribution in [1.82, 2.24) is 0 Å². The molecule has 0 radical (unpaired) electrons. The minimum Gasteiger partial charge on any atom is -0.0654 e. The van der Waals surface area contributed by atoms with Crippen LogP contribution in [0.3, 0.4) is 0 Å². The Labute approximate surface area is 130 Å². The third-order valence-electron chi connectivity index (χ3n) is 4.78. The van der Waals surface area contributed by atoms with Crippen LogP contribution in [0.4, 0.5) is 0 Å². The molecule has 1 atom stereocenters. The van der Waals surface area contributed by atoms with E-state index in [0.717, 1.165) is 11.8 Å². The minimum absolute atomic E-state index is 0.887. The van der Waals surface area contributed by atoms with Gasteiger partial charge in [0.15, 0.2) is 0 Å². The zero-order chi connectivity index (χ0) is 15.1. The second-order valence-corrected chi connectivity index (χ2v) is 7.12. The van der Waals surface area contributed by atoms with E-state index in [4.69, 9.17) is 0 Å². The van der Waals surface area contributed by atoms with Crippen molar-refractivity contribution in [2.75, 3.05) is 0 Å². The fourth-order valence-corrected chi connectivity index (χ4v) is 3.25. The maximum absolute atomic E-state index is 2.40. The first-order valence-electron chi connectivity index (χ1n) is 9.72. The quantitative estimate of drug-likeness (QED) is 0.269. The van der Waals surface area contributed by atoms with E-state index in [2.05, 4.69) is 27.7 Å². The van der Waals surface area contributed by atoms with Gasteiger partial charge >= 0.3 is 0 Å². The van der Waals surface area contributed by atoms with Gasteiger partial charge in [-0.25, -0.2) is 0 Å². The molecular weight excluding hydrogens is 240 g/mol. The first-order chi connectivity index (χ1) is 9.72. The molecule has 0 aromatic rings. The summed E-state index contributed by atoms with van der Waals surface area (Å²) in [6.07, 6.45) is 20.4. The van der Waals surface area contributed by atoms with Crippen LogP contribution >= 0.6 is 0 Å². The van der Waals surface area contributed by atoms with Crippen LogP contribution in [0.15, 0.2) is 0 Å². The second-order valence-electron chi connectivity index (χ2n) is 7.12. The first kappa shape index (κ1) is 20.0. The SMILES string of the molecule is CCCCCCCCCCCCCC(CCC)C(C)C. The molecule has 0 saturated carbocycles. The van der Waals surface area contributed by atoms with Gasteiger partial charge in [0.25, 0.3) is 0 Å². The monoisotopic (exact) mass is 282 g/mol. The molecule has 0 aliphatic carbocycles. The highest BCUT2D eigenvalue weighted by Gasteiger charge is 2.11. The normalized spacial score (nSPS) is 13.1. The van der Waals surface area contributed by atoms with Crippen LogP contribution in [0.5, 0.6) is 0 Å². The molecule has 0 nitrogen and oxygen atoms in total. The van der Waals surface area contributed by atoms with Crippen LogP contribution in [0.25, 0.3) is 0 Å². The van der Waals surface area contributed by atoms with Crippen LogP contribution in [0, 0.1) is 11.8 Å². The molecule has 0 bridgehead atoms. The van der Waals surface area contributed by atoms with Crippen LogP contribution in [0.1, 0.15) is 118 Å². The molecule has 0 saturated heterocycles. The summed E-state index contributed by atoms with van der Waals surface area (Å²) in [5.41, 5.74) is 0. The maximum Gasteiger partial charge on any atom is -0.0391 e. The van der Waals surface area contributed by atoms with Gasteiger partial charge in [-0.2, -0.15) is 0 Å². The lowest BCUT2D eigenvalue weighted by molar-refractivity contribution is 0.321. The molecule has 0 spiro atoms. The fraction of sp³-hybridized carbons (Fsp3) is 1.00. The Hall–Kier alpha value is 0. The molecular formula is C20H42. The molecule has 1 unspecified atom stereocenters. The molecule has 0 aromatic heterocycles. The van der Waals surface area contributed by atoms with E-state index in [-0.39, 0.29) is 0 Å². The van der Waals surface area contributed by atoms with Gasteiger partial charge in [-0.15, -0.1) is 0 Å². The molecule has 0 amide bonds. The van der Waals surface area contributed by atoms with Gasteiger partial charge in [0.2, 0.25) is 0 Å². The summed E-state index contributed by atoms with van der Waals surface area (Å²) < 4.78 is 0. The second kappa shape index (κ2) is 15.4. The van der Waals surface area contributed by atoms with Crippen molar-refractivity contribution in [3.63, 3.8) is 0 Å². The number of hydrogen-bond donors (Lipinski definition) is 0. The molecule has 0 aliphatic rings. The molecule has 0 heteroatoms. The predicted octanol–water partition coefficient (Wildman–Crippen LogP) is 7.76. The average Bonchev–Trinajstić information content (AvgIpc) is 2.43. The Morgan fingerprint density at radius 3 is 1.35 bits per heavy atom. The fourth-order valence-electron chi connectivity index (χ4n) is 3.25. The molecule has 0 N–H and O–H groups in total. The van der Waals surface area contributed by atoms with E-state index in [9.17, 15) is 0 Å². The topological polar surface area (TPSA) is 0 Å². The van der Waals surface area contributed by atoms with Crippen molar-refractivity contribution in [3.8, 4) is 0 Å². The van der Waals surface area contributed by atoms with Gasteiger partial charge in [0.1, 0.15) is 0 Å². The van der Waals surface area contributed by atoms with Crippen molar-refractivity contribution in [2.45, 2.75) is 118 Å². The van der Waals surface area contributed by atoms with Crippen molar-refractivity contribution in [3.05, 3.63) is 0 Å². The maximum atomic E-state index is 2.40. The van der Waals surface area contributed by atoms with Gasteiger partial charge in [-0.3, -0.25) is 0 Å². The number of unbranched alkanes of at least 4 members (excludes halogenated alkanes) is 10. The summed E-state index contributed by atoms with van der Waals surface area (Å²) in [5.74, 6) is 1.87. The zero-order valence-corrected chi connectivity index (χ0v) is 15.1.